The molecule has 1 N–H and O–H groups in total. The van der Waals surface area contributed by atoms with Crippen LogP contribution in [0.1, 0.15) is 6.92 Å². The Morgan fingerprint density at radius 3 is 2.41 bits per heavy atom. The highest BCUT2D eigenvalue weighted by Crippen LogP contribution is 2.05. The average molecular weight is 265 g/mol. The zero-order valence-corrected chi connectivity index (χ0v) is 11.0. The molecule has 0 aliphatic carbocycles. The summed E-state index contributed by atoms with van der Waals surface area (Å²) in [5.74, 6) is -0.230. The van der Waals surface area contributed by atoms with Gasteiger partial charge in [0.05, 0.1) is 0 Å². The number of carbonyl (C=O) groups is 1. The molecule has 0 aromatic heterocycles. The Labute approximate surface area is 107 Å². The minimum absolute atomic E-state index is 0.434. The number of hydrogen-bond donors (Lipinski definition) is 1. The minimum Gasteiger partial charge on any atom is -0.479 e. The summed E-state index contributed by atoms with van der Waals surface area (Å²) in [5, 5.41) is 8.99. The summed E-state index contributed by atoms with van der Waals surface area (Å²) in [5.41, 5.74) is 0. The second-order valence-electron chi connectivity index (χ2n) is 4.11. The number of ether oxygens (including phenoxy) is 1. The highest BCUT2D eigenvalue weighted by molar-refractivity contribution is 6.18. The van der Waals surface area contributed by atoms with E-state index in [0.717, 1.165) is 32.7 Å². The van der Waals surface area contributed by atoms with Crippen LogP contribution in [0.25, 0.3) is 0 Å². The highest BCUT2D eigenvalue weighted by Gasteiger charge is 2.24. The van der Waals surface area contributed by atoms with E-state index in [4.69, 9.17) is 21.4 Å². The summed E-state index contributed by atoms with van der Waals surface area (Å²) in [4.78, 5) is 15.4. The summed E-state index contributed by atoms with van der Waals surface area (Å²) in [6, 6.07) is 0. The van der Waals surface area contributed by atoms with Gasteiger partial charge in [-0.25, -0.2) is 4.79 Å². The molecule has 17 heavy (non-hydrogen) atoms. The van der Waals surface area contributed by atoms with Crippen molar-refractivity contribution in [1.82, 2.24) is 9.80 Å². The van der Waals surface area contributed by atoms with E-state index >= 15 is 0 Å². The molecule has 1 fully saturated rings. The molecule has 1 aliphatic heterocycles. The first-order valence-electron chi connectivity index (χ1n) is 6.02. The van der Waals surface area contributed by atoms with Crippen molar-refractivity contribution in [2.75, 3.05) is 51.8 Å². The van der Waals surface area contributed by atoms with Gasteiger partial charge in [0, 0.05) is 51.8 Å². The van der Waals surface area contributed by atoms with Crippen LogP contribution in [0.15, 0.2) is 0 Å². The third kappa shape index (κ3) is 5.21. The van der Waals surface area contributed by atoms with Gasteiger partial charge in [-0.3, -0.25) is 9.80 Å². The van der Waals surface area contributed by atoms with Crippen molar-refractivity contribution in [3.63, 3.8) is 0 Å². The standard InChI is InChI=1S/C11H21ClN2O3/c1-2-17-10(11(15)16)9-14-7-5-13(4-3-12)6-8-14/h10H,2-9H2,1H3,(H,15,16). The Balaban J connectivity index is 2.30. The number of carboxylic acids is 1. The van der Waals surface area contributed by atoms with Crippen molar-refractivity contribution in [3.05, 3.63) is 0 Å². The fraction of sp³-hybridized carbons (Fsp3) is 0.909. The van der Waals surface area contributed by atoms with E-state index in [0.29, 0.717) is 19.0 Å². The monoisotopic (exact) mass is 264 g/mol. The fourth-order valence-electron chi connectivity index (χ4n) is 1.95. The summed E-state index contributed by atoms with van der Waals surface area (Å²) in [7, 11) is 0. The summed E-state index contributed by atoms with van der Waals surface area (Å²) < 4.78 is 5.20. The fourth-order valence-corrected chi connectivity index (χ4v) is 2.19. The van der Waals surface area contributed by atoms with Gasteiger partial charge in [0.15, 0.2) is 6.10 Å². The lowest BCUT2D eigenvalue weighted by molar-refractivity contribution is -0.151. The van der Waals surface area contributed by atoms with Gasteiger partial charge in [-0.1, -0.05) is 0 Å². The summed E-state index contributed by atoms with van der Waals surface area (Å²) in [6.45, 7) is 7.29. The zero-order valence-electron chi connectivity index (χ0n) is 10.3. The Hall–Kier alpha value is -0.360. The predicted molar refractivity (Wildman–Crippen MR) is 66.6 cm³/mol. The topological polar surface area (TPSA) is 53.0 Å². The van der Waals surface area contributed by atoms with Crippen molar-refractivity contribution in [1.29, 1.82) is 0 Å². The van der Waals surface area contributed by atoms with E-state index in [1.807, 2.05) is 6.92 Å². The first-order chi connectivity index (χ1) is 8.17. The molecular weight excluding hydrogens is 244 g/mol. The number of halogens is 1. The molecule has 1 aliphatic rings. The number of nitrogens with zero attached hydrogens (tertiary/aromatic N) is 2. The molecule has 1 heterocycles. The molecule has 1 rings (SSSR count). The van der Waals surface area contributed by atoms with Crippen LogP contribution in [0, 0.1) is 0 Å². The smallest absolute Gasteiger partial charge is 0.334 e. The van der Waals surface area contributed by atoms with Crippen LogP contribution in [0.3, 0.4) is 0 Å². The maximum atomic E-state index is 11.0. The van der Waals surface area contributed by atoms with E-state index in [1.165, 1.54) is 0 Å². The van der Waals surface area contributed by atoms with Crippen LogP contribution in [0.5, 0.6) is 0 Å². The van der Waals surface area contributed by atoms with Gasteiger partial charge >= 0.3 is 5.97 Å². The van der Waals surface area contributed by atoms with Crippen LogP contribution in [0.4, 0.5) is 0 Å². The molecule has 0 saturated carbocycles. The first kappa shape index (κ1) is 14.7. The van der Waals surface area contributed by atoms with Crippen LogP contribution in [-0.2, 0) is 9.53 Å². The molecule has 0 bridgehead atoms. The number of carboxylic acid groups (broad SMARTS) is 1. The van der Waals surface area contributed by atoms with Crippen molar-refractivity contribution in [2.24, 2.45) is 0 Å². The van der Waals surface area contributed by atoms with Gasteiger partial charge in [-0.2, -0.15) is 0 Å². The SMILES string of the molecule is CCOC(CN1CCN(CCCl)CC1)C(=O)O. The summed E-state index contributed by atoms with van der Waals surface area (Å²) >= 11 is 5.69. The second-order valence-corrected chi connectivity index (χ2v) is 4.49. The molecule has 100 valence electrons. The third-order valence-electron chi connectivity index (χ3n) is 2.93. The number of rotatable bonds is 7. The number of alkyl halides is 1. The van der Waals surface area contributed by atoms with Gasteiger partial charge in [0.25, 0.3) is 0 Å². The van der Waals surface area contributed by atoms with Gasteiger partial charge in [0.2, 0.25) is 0 Å². The lowest BCUT2D eigenvalue weighted by Crippen LogP contribution is -2.50. The number of hydrogen-bond acceptors (Lipinski definition) is 4. The van der Waals surface area contributed by atoms with Crippen LogP contribution in [0.2, 0.25) is 0 Å². The van der Waals surface area contributed by atoms with Gasteiger partial charge in [-0.15, -0.1) is 11.6 Å². The van der Waals surface area contributed by atoms with E-state index < -0.39 is 12.1 Å². The van der Waals surface area contributed by atoms with Gasteiger partial charge < -0.3 is 9.84 Å². The Morgan fingerprint density at radius 2 is 1.94 bits per heavy atom. The molecule has 1 saturated heterocycles. The molecule has 1 unspecified atom stereocenters. The Morgan fingerprint density at radius 1 is 1.35 bits per heavy atom. The quantitative estimate of drug-likeness (QED) is 0.672. The molecule has 5 nitrogen and oxygen atoms in total. The van der Waals surface area contributed by atoms with E-state index in [2.05, 4.69) is 9.80 Å². The van der Waals surface area contributed by atoms with E-state index in [1.54, 1.807) is 0 Å². The van der Waals surface area contributed by atoms with Gasteiger partial charge in [0.1, 0.15) is 0 Å². The molecule has 0 radical (unpaired) electrons. The third-order valence-corrected chi connectivity index (χ3v) is 3.10. The number of aliphatic carboxylic acids is 1. The van der Waals surface area contributed by atoms with Crippen LogP contribution >= 0.6 is 11.6 Å². The molecule has 6 heteroatoms. The normalized spacial score (nSPS) is 20.4. The highest BCUT2D eigenvalue weighted by atomic mass is 35.5. The lowest BCUT2D eigenvalue weighted by atomic mass is 10.2. The van der Waals surface area contributed by atoms with E-state index in [-0.39, 0.29) is 0 Å². The van der Waals surface area contributed by atoms with E-state index in [9.17, 15) is 4.79 Å². The molecule has 0 aromatic carbocycles. The maximum absolute atomic E-state index is 11.0. The predicted octanol–water partition coefficient (Wildman–Crippen LogP) is 0.333. The van der Waals surface area contributed by atoms with Crippen molar-refractivity contribution >= 4 is 17.6 Å². The second kappa shape index (κ2) is 7.87. The van der Waals surface area contributed by atoms with Crippen molar-refractivity contribution < 1.29 is 14.6 Å². The minimum atomic E-state index is -0.880. The Bertz CT molecular complexity index is 233. The first-order valence-corrected chi connectivity index (χ1v) is 6.56. The van der Waals surface area contributed by atoms with Gasteiger partial charge in [-0.05, 0) is 6.92 Å². The largest absolute Gasteiger partial charge is 0.479 e. The molecule has 0 aromatic rings. The molecular formula is C11H21ClN2O3. The van der Waals surface area contributed by atoms with Crippen molar-refractivity contribution in [2.45, 2.75) is 13.0 Å². The molecule has 1 atom stereocenters. The zero-order chi connectivity index (χ0) is 12.7. The lowest BCUT2D eigenvalue weighted by Gasteiger charge is -2.35. The van der Waals surface area contributed by atoms with Crippen LogP contribution in [-0.4, -0.2) is 78.7 Å². The summed E-state index contributed by atoms with van der Waals surface area (Å²) in [6.07, 6.45) is -0.709. The van der Waals surface area contributed by atoms with Crippen LogP contribution < -0.4 is 0 Å². The molecule has 0 spiro atoms. The average Bonchev–Trinajstić information content (AvgIpc) is 2.31. The maximum Gasteiger partial charge on any atom is 0.334 e. The molecule has 0 amide bonds. The number of piperazine rings is 1. The van der Waals surface area contributed by atoms with Crippen molar-refractivity contribution in [3.8, 4) is 0 Å². The Kier molecular flexibility index (Phi) is 6.80.